The summed E-state index contributed by atoms with van der Waals surface area (Å²) in [7, 11) is 1.51. The Labute approximate surface area is 157 Å². The zero-order chi connectivity index (χ0) is 18.9. The summed E-state index contributed by atoms with van der Waals surface area (Å²) in [5.74, 6) is 0.202. The fourth-order valence-electron chi connectivity index (χ4n) is 2.42. The molecule has 0 fully saturated rings. The highest BCUT2D eigenvalue weighted by Gasteiger charge is 2.20. The monoisotopic (exact) mass is 376 g/mol. The van der Waals surface area contributed by atoms with Crippen LogP contribution in [0.2, 0.25) is 5.02 Å². The van der Waals surface area contributed by atoms with Crippen molar-refractivity contribution >= 4 is 29.3 Å². The van der Waals surface area contributed by atoms with Crippen molar-refractivity contribution in [2.45, 2.75) is 19.4 Å². The van der Waals surface area contributed by atoms with E-state index in [1.54, 1.807) is 25.1 Å². The normalized spacial score (nSPS) is 11.3. The lowest BCUT2D eigenvalue weighted by atomic mass is 10.0. The number of ether oxygens (including phenoxy) is 2. The Morgan fingerprint density at radius 3 is 2.54 bits per heavy atom. The third-order valence-corrected chi connectivity index (χ3v) is 3.83. The maximum Gasteiger partial charge on any atom is 0.407 e. The van der Waals surface area contributed by atoms with Gasteiger partial charge in [0, 0.05) is 5.02 Å². The topological polar surface area (TPSA) is 76.7 Å². The molecule has 6 nitrogen and oxygen atoms in total. The van der Waals surface area contributed by atoms with Gasteiger partial charge in [0.1, 0.15) is 5.75 Å². The number of carbonyl (C=O) groups excluding carboxylic acids is 2. The summed E-state index contributed by atoms with van der Waals surface area (Å²) >= 11 is 5.98. The molecule has 0 aromatic heterocycles. The van der Waals surface area contributed by atoms with Crippen LogP contribution >= 0.6 is 11.6 Å². The molecule has 2 N–H and O–H groups in total. The van der Waals surface area contributed by atoms with Crippen LogP contribution in [0.15, 0.2) is 48.5 Å². The van der Waals surface area contributed by atoms with Crippen molar-refractivity contribution in [3.05, 3.63) is 59.1 Å². The number of carbonyl (C=O) groups is 2. The second-order valence-electron chi connectivity index (χ2n) is 5.42. The fourth-order valence-corrected chi connectivity index (χ4v) is 2.59. The summed E-state index contributed by atoms with van der Waals surface area (Å²) in [5, 5.41) is 5.96. The van der Waals surface area contributed by atoms with Crippen molar-refractivity contribution in [3.63, 3.8) is 0 Å². The van der Waals surface area contributed by atoms with Crippen LogP contribution in [0, 0.1) is 0 Å². The van der Waals surface area contributed by atoms with Gasteiger partial charge in [-0.15, -0.1) is 0 Å². The van der Waals surface area contributed by atoms with E-state index in [1.807, 2.05) is 30.3 Å². The van der Waals surface area contributed by atoms with Crippen molar-refractivity contribution in [3.8, 4) is 5.75 Å². The van der Waals surface area contributed by atoms with Gasteiger partial charge in [0.2, 0.25) is 5.91 Å². The lowest BCUT2D eigenvalue weighted by Gasteiger charge is -2.19. The van der Waals surface area contributed by atoms with Gasteiger partial charge in [-0.05, 0) is 30.7 Å². The Balaban J connectivity index is 2.13. The molecular weight excluding hydrogens is 356 g/mol. The minimum absolute atomic E-state index is 0.0263. The first kappa shape index (κ1) is 19.6. The van der Waals surface area contributed by atoms with Crippen LogP contribution in [-0.4, -0.2) is 25.7 Å². The SMILES string of the molecule is CCOC(=O)N[C@@H](CC(=O)Nc1cc(Cl)ccc1OC)c1ccccc1. The van der Waals surface area contributed by atoms with Crippen molar-refractivity contribution in [1.82, 2.24) is 5.32 Å². The smallest absolute Gasteiger partial charge is 0.407 e. The number of hydrogen-bond donors (Lipinski definition) is 2. The van der Waals surface area contributed by atoms with E-state index in [2.05, 4.69) is 10.6 Å². The second kappa shape index (κ2) is 9.68. The van der Waals surface area contributed by atoms with Crippen LogP contribution in [0.1, 0.15) is 24.9 Å². The summed E-state index contributed by atoms with van der Waals surface area (Å²) in [6, 6.07) is 13.6. The van der Waals surface area contributed by atoms with E-state index in [0.717, 1.165) is 5.56 Å². The number of nitrogens with one attached hydrogen (secondary N) is 2. The van der Waals surface area contributed by atoms with Crippen LogP contribution in [0.3, 0.4) is 0 Å². The number of anilines is 1. The third-order valence-electron chi connectivity index (χ3n) is 3.59. The molecule has 26 heavy (non-hydrogen) atoms. The fraction of sp³-hybridized carbons (Fsp3) is 0.263. The predicted molar refractivity (Wildman–Crippen MR) is 101 cm³/mol. The lowest BCUT2D eigenvalue weighted by molar-refractivity contribution is -0.116. The molecule has 1 atom stereocenters. The van der Waals surface area contributed by atoms with Gasteiger partial charge in [0.25, 0.3) is 0 Å². The molecule has 0 aliphatic heterocycles. The van der Waals surface area contributed by atoms with Gasteiger partial charge < -0.3 is 20.1 Å². The van der Waals surface area contributed by atoms with Gasteiger partial charge in [0.15, 0.2) is 0 Å². The number of methoxy groups -OCH3 is 1. The first-order valence-electron chi connectivity index (χ1n) is 8.15. The minimum atomic E-state index is -0.575. The van der Waals surface area contributed by atoms with E-state index in [1.165, 1.54) is 7.11 Å². The van der Waals surface area contributed by atoms with Gasteiger partial charge in [-0.1, -0.05) is 41.9 Å². The average Bonchev–Trinajstić information content (AvgIpc) is 2.62. The van der Waals surface area contributed by atoms with Crippen molar-refractivity contribution < 1.29 is 19.1 Å². The number of amides is 2. The van der Waals surface area contributed by atoms with Crippen LogP contribution in [0.4, 0.5) is 10.5 Å². The minimum Gasteiger partial charge on any atom is -0.495 e. The number of rotatable bonds is 7. The van der Waals surface area contributed by atoms with Crippen molar-refractivity contribution in [2.75, 3.05) is 19.0 Å². The molecule has 7 heteroatoms. The molecule has 0 saturated heterocycles. The highest BCUT2D eigenvalue weighted by Crippen LogP contribution is 2.28. The summed E-state index contributed by atoms with van der Waals surface area (Å²) in [5.41, 5.74) is 1.27. The second-order valence-corrected chi connectivity index (χ2v) is 5.86. The molecule has 2 aromatic rings. The first-order valence-corrected chi connectivity index (χ1v) is 8.53. The van der Waals surface area contributed by atoms with Crippen molar-refractivity contribution in [2.24, 2.45) is 0 Å². The number of alkyl carbamates (subject to hydrolysis) is 1. The quantitative estimate of drug-likeness (QED) is 0.760. The molecule has 0 radical (unpaired) electrons. The third kappa shape index (κ3) is 5.67. The molecule has 0 unspecified atom stereocenters. The Hall–Kier alpha value is -2.73. The first-order chi connectivity index (χ1) is 12.5. The van der Waals surface area contributed by atoms with Crippen LogP contribution < -0.4 is 15.4 Å². The van der Waals surface area contributed by atoms with Crippen LogP contribution in [0.25, 0.3) is 0 Å². The Morgan fingerprint density at radius 2 is 1.88 bits per heavy atom. The largest absolute Gasteiger partial charge is 0.495 e. The van der Waals surface area contributed by atoms with Gasteiger partial charge in [-0.25, -0.2) is 4.79 Å². The van der Waals surface area contributed by atoms with Gasteiger partial charge in [-0.3, -0.25) is 4.79 Å². The zero-order valence-corrected chi connectivity index (χ0v) is 15.4. The number of halogens is 1. The summed E-state index contributed by atoms with van der Waals surface area (Å²) in [6.45, 7) is 1.97. The molecule has 0 saturated carbocycles. The van der Waals surface area contributed by atoms with Gasteiger partial charge in [0.05, 0.1) is 31.9 Å². The van der Waals surface area contributed by atoms with Crippen molar-refractivity contribution in [1.29, 1.82) is 0 Å². The number of benzene rings is 2. The molecule has 0 aliphatic carbocycles. The van der Waals surface area contributed by atoms with E-state index in [9.17, 15) is 9.59 Å². The summed E-state index contributed by atoms with van der Waals surface area (Å²) in [6.07, 6.45) is -0.548. The molecular formula is C19H21ClN2O4. The summed E-state index contributed by atoms with van der Waals surface area (Å²) < 4.78 is 10.2. The molecule has 0 spiro atoms. The lowest BCUT2D eigenvalue weighted by Crippen LogP contribution is -2.32. The van der Waals surface area contributed by atoms with Gasteiger partial charge in [-0.2, -0.15) is 0 Å². The van der Waals surface area contributed by atoms with Crippen LogP contribution in [-0.2, 0) is 9.53 Å². The Morgan fingerprint density at radius 1 is 1.15 bits per heavy atom. The molecule has 138 valence electrons. The van der Waals surface area contributed by atoms with E-state index in [0.29, 0.717) is 16.5 Å². The zero-order valence-electron chi connectivity index (χ0n) is 14.6. The molecule has 2 aromatic carbocycles. The highest BCUT2D eigenvalue weighted by atomic mass is 35.5. The molecule has 2 amide bonds. The van der Waals surface area contributed by atoms with E-state index < -0.39 is 12.1 Å². The summed E-state index contributed by atoms with van der Waals surface area (Å²) in [4.78, 5) is 24.3. The number of hydrogen-bond acceptors (Lipinski definition) is 4. The highest BCUT2D eigenvalue weighted by molar-refractivity contribution is 6.31. The Kier molecular flexibility index (Phi) is 7.29. The molecule has 0 aliphatic rings. The molecule has 0 bridgehead atoms. The molecule has 2 rings (SSSR count). The standard InChI is InChI=1S/C19H21ClN2O4/c1-3-26-19(24)22-15(13-7-5-4-6-8-13)12-18(23)21-16-11-14(20)9-10-17(16)25-2/h4-11,15H,3,12H2,1-2H3,(H,21,23)(H,22,24)/t15-/m0/s1. The van der Waals surface area contributed by atoms with E-state index in [-0.39, 0.29) is 18.9 Å². The average molecular weight is 377 g/mol. The maximum absolute atomic E-state index is 12.5. The van der Waals surface area contributed by atoms with E-state index >= 15 is 0 Å². The van der Waals surface area contributed by atoms with E-state index in [4.69, 9.17) is 21.1 Å². The Bertz CT molecular complexity index is 752. The predicted octanol–water partition coefficient (Wildman–Crippen LogP) is 4.16. The maximum atomic E-state index is 12.5. The van der Waals surface area contributed by atoms with Gasteiger partial charge >= 0.3 is 6.09 Å². The molecule has 0 heterocycles. The van der Waals surface area contributed by atoms with Crippen LogP contribution in [0.5, 0.6) is 5.75 Å².